The van der Waals surface area contributed by atoms with Gasteiger partial charge in [-0.15, -0.1) is 0 Å². The molecule has 2 heterocycles. The smallest absolute Gasteiger partial charge is 0.135 e. The Kier molecular flexibility index (Phi) is 3.16. The molecule has 1 aromatic heterocycles. The quantitative estimate of drug-likeness (QED) is 0.744. The molecule has 0 atom stereocenters. The van der Waals surface area contributed by atoms with E-state index in [4.69, 9.17) is 0 Å². The largest absolute Gasteiger partial charge is 0.334 e. The summed E-state index contributed by atoms with van der Waals surface area (Å²) in [6.07, 6.45) is 5.25. The van der Waals surface area contributed by atoms with Crippen LogP contribution in [0.15, 0.2) is 12.4 Å². The lowest BCUT2D eigenvalue weighted by Gasteiger charge is -2.25. The summed E-state index contributed by atoms with van der Waals surface area (Å²) in [5, 5.41) is 0. The molecule has 15 heavy (non-hydrogen) atoms. The highest BCUT2D eigenvalue weighted by Gasteiger charge is 2.17. The third kappa shape index (κ3) is 2.45. The number of Topliss-reactive ketones (excluding diaryl/α,β-unsaturated/α-hetero) is 1. The minimum Gasteiger partial charge on any atom is -0.334 e. The molecule has 0 radical (unpaired) electrons. The maximum atomic E-state index is 11.1. The zero-order valence-corrected chi connectivity index (χ0v) is 9.15. The predicted octanol–water partition coefficient (Wildman–Crippen LogP) is 1.07. The molecule has 0 saturated carbocycles. The van der Waals surface area contributed by atoms with E-state index < -0.39 is 0 Å². The van der Waals surface area contributed by atoms with Crippen LogP contribution in [0, 0.1) is 0 Å². The summed E-state index contributed by atoms with van der Waals surface area (Å²) in [6, 6.07) is 0. The molecule has 0 amide bonds. The van der Waals surface area contributed by atoms with Crippen LogP contribution in [0.2, 0.25) is 0 Å². The molecule has 0 bridgehead atoms. The molecular weight excluding hydrogens is 190 g/mol. The van der Waals surface area contributed by atoms with E-state index in [-0.39, 0.29) is 0 Å². The van der Waals surface area contributed by atoms with E-state index in [9.17, 15) is 4.79 Å². The Morgan fingerprint density at radius 2 is 2.13 bits per heavy atom. The van der Waals surface area contributed by atoms with Gasteiger partial charge >= 0.3 is 0 Å². The fourth-order valence-electron chi connectivity index (χ4n) is 1.94. The van der Waals surface area contributed by atoms with Crippen molar-refractivity contribution in [3.8, 4) is 0 Å². The highest BCUT2D eigenvalue weighted by molar-refractivity contribution is 5.79. The molecule has 1 aliphatic rings. The van der Waals surface area contributed by atoms with Crippen molar-refractivity contribution < 1.29 is 4.79 Å². The summed E-state index contributed by atoms with van der Waals surface area (Å²) in [4.78, 5) is 17.7. The molecule has 0 unspecified atom stereocenters. The van der Waals surface area contributed by atoms with Gasteiger partial charge in [-0.1, -0.05) is 0 Å². The average Bonchev–Trinajstić information content (AvgIpc) is 2.69. The molecule has 1 aromatic rings. The topological polar surface area (TPSA) is 38.1 Å². The number of ketones is 1. The number of aryl methyl sites for hydroxylation is 1. The number of aromatic nitrogens is 2. The van der Waals surface area contributed by atoms with Crippen LogP contribution in [0.25, 0.3) is 0 Å². The van der Waals surface area contributed by atoms with Gasteiger partial charge in [0.2, 0.25) is 0 Å². The minimum atomic E-state index is 0.394. The van der Waals surface area contributed by atoms with E-state index in [2.05, 4.69) is 21.4 Å². The molecule has 0 aliphatic carbocycles. The third-order valence-corrected chi connectivity index (χ3v) is 2.92. The van der Waals surface area contributed by atoms with Gasteiger partial charge in [0.15, 0.2) is 0 Å². The first-order valence-electron chi connectivity index (χ1n) is 5.53. The molecule has 1 fully saturated rings. The lowest BCUT2D eigenvalue weighted by molar-refractivity contribution is -0.121. The lowest BCUT2D eigenvalue weighted by atomic mass is 10.1. The SMILES string of the molecule is CCn1ccnc1CN1CCC(=O)CC1. The number of imidazole rings is 1. The number of nitrogens with zero attached hydrogens (tertiary/aromatic N) is 3. The van der Waals surface area contributed by atoms with Gasteiger partial charge < -0.3 is 4.57 Å². The fraction of sp³-hybridized carbons (Fsp3) is 0.636. The van der Waals surface area contributed by atoms with E-state index >= 15 is 0 Å². The zero-order valence-electron chi connectivity index (χ0n) is 9.15. The number of hydrogen-bond donors (Lipinski definition) is 0. The Hall–Kier alpha value is -1.16. The first kappa shape index (κ1) is 10.4. The molecular formula is C11H17N3O. The molecule has 0 N–H and O–H groups in total. The number of carbonyl (C=O) groups excluding carboxylic acids is 1. The second kappa shape index (κ2) is 4.57. The van der Waals surface area contributed by atoms with Crippen molar-refractivity contribution in [1.29, 1.82) is 0 Å². The van der Waals surface area contributed by atoms with Gasteiger partial charge in [-0.2, -0.15) is 0 Å². The van der Waals surface area contributed by atoms with Crippen molar-refractivity contribution >= 4 is 5.78 Å². The van der Waals surface area contributed by atoms with Crippen LogP contribution in [0.5, 0.6) is 0 Å². The van der Waals surface area contributed by atoms with Crippen molar-refractivity contribution in [2.75, 3.05) is 13.1 Å². The van der Waals surface area contributed by atoms with E-state index in [1.165, 1.54) is 0 Å². The van der Waals surface area contributed by atoms with Crippen molar-refractivity contribution in [3.63, 3.8) is 0 Å². The van der Waals surface area contributed by atoms with Crippen LogP contribution in [0.4, 0.5) is 0 Å². The Morgan fingerprint density at radius 1 is 1.40 bits per heavy atom. The lowest BCUT2D eigenvalue weighted by Crippen LogP contribution is -2.34. The van der Waals surface area contributed by atoms with E-state index in [0.29, 0.717) is 18.6 Å². The molecule has 0 spiro atoms. The van der Waals surface area contributed by atoms with Crippen molar-refractivity contribution in [2.45, 2.75) is 32.9 Å². The van der Waals surface area contributed by atoms with Crippen LogP contribution in [0.1, 0.15) is 25.6 Å². The molecule has 1 aliphatic heterocycles. The molecule has 4 nitrogen and oxygen atoms in total. The van der Waals surface area contributed by atoms with Gasteiger partial charge in [0.25, 0.3) is 0 Å². The standard InChI is InChI=1S/C11H17N3O/c1-2-14-8-5-12-11(14)9-13-6-3-10(15)4-7-13/h5,8H,2-4,6-7,9H2,1H3. The van der Waals surface area contributed by atoms with Crippen molar-refractivity contribution in [1.82, 2.24) is 14.5 Å². The Bertz CT molecular complexity index is 335. The third-order valence-electron chi connectivity index (χ3n) is 2.92. The number of carbonyl (C=O) groups is 1. The summed E-state index contributed by atoms with van der Waals surface area (Å²) in [5.74, 6) is 1.50. The molecule has 2 rings (SSSR count). The zero-order chi connectivity index (χ0) is 10.7. The molecule has 4 heteroatoms. The molecule has 0 aromatic carbocycles. The normalized spacial score (nSPS) is 18.3. The summed E-state index contributed by atoms with van der Waals surface area (Å²) in [7, 11) is 0. The van der Waals surface area contributed by atoms with E-state index in [1.807, 2.05) is 12.4 Å². The minimum absolute atomic E-state index is 0.394. The summed E-state index contributed by atoms with van der Waals surface area (Å²) in [5.41, 5.74) is 0. The summed E-state index contributed by atoms with van der Waals surface area (Å²) in [6.45, 7) is 5.71. The Balaban J connectivity index is 1.94. The Labute approximate surface area is 89.9 Å². The van der Waals surface area contributed by atoms with Crippen molar-refractivity contribution in [2.24, 2.45) is 0 Å². The predicted molar refractivity (Wildman–Crippen MR) is 57.4 cm³/mol. The van der Waals surface area contributed by atoms with Gasteiger partial charge in [-0.25, -0.2) is 4.98 Å². The number of likely N-dealkylation sites (tertiary alicyclic amines) is 1. The monoisotopic (exact) mass is 207 g/mol. The second-order valence-electron chi connectivity index (χ2n) is 3.94. The maximum Gasteiger partial charge on any atom is 0.135 e. The van der Waals surface area contributed by atoms with E-state index in [0.717, 1.165) is 32.0 Å². The molecule has 82 valence electrons. The number of rotatable bonds is 3. The van der Waals surface area contributed by atoms with Gasteiger partial charge in [-0.3, -0.25) is 9.69 Å². The van der Waals surface area contributed by atoms with Gasteiger partial charge in [0.05, 0.1) is 6.54 Å². The van der Waals surface area contributed by atoms with Gasteiger partial charge in [0, 0.05) is 44.9 Å². The number of hydrogen-bond acceptors (Lipinski definition) is 3. The van der Waals surface area contributed by atoms with Crippen LogP contribution in [-0.2, 0) is 17.9 Å². The average molecular weight is 207 g/mol. The van der Waals surface area contributed by atoms with E-state index in [1.54, 1.807) is 0 Å². The summed E-state index contributed by atoms with van der Waals surface area (Å²) >= 11 is 0. The second-order valence-corrected chi connectivity index (χ2v) is 3.94. The number of piperidine rings is 1. The summed E-state index contributed by atoms with van der Waals surface area (Å²) < 4.78 is 2.15. The maximum absolute atomic E-state index is 11.1. The Morgan fingerprint density at radius 3 is 2.80 bits per heavy atom. The van der Waals surface area contributed by atoms with Crippen LogP contribution in [0.3, 0.4) is 0 Å². The fourth-order valence-corrected chi connectivity index (χ4v) is 1.94. The highest BCUT2D eigenvalue weighted by Crippen LogP contribution is 2.09. The van der Waals surface area contributed by atoms with Gasteiger partial charge in [0.1, 0.15) is 11.6 Å². The van der Waals surface area contributed by atoms with Gasteiger partial charge in [-0.05, 0) is 6.92 Å². The van der Waals surface area contributed by atoms with Crippen LogP contribution in [-0.4, -0.2) is 33.3 Å². The first-order chi connectivity index (χ1) is 7.29. The molecule has 1 saturated heterocycles. The van der Waals surface area contributed by atoms with Crippen LogP contribution < -0.4 is 0 Å². The van der Waals surface area contributed by atoms with Crippen molar-refractivity contribution in [3.05, 3.63) is 18.2 Å². The van der Waals surface area contributed by atoms with Crippen LogP contribution >= 0.6 is 0 Å². The first-order valence-corrected chi connectivity index (χ1v) is 5.53. The highest BCUT2D eigenvalue weighted by atomic mass is 16.1.